The summed E-state index contributed by atoms with van der Waals surface area (Å²) in [5.41, 5.74) is 7.30. The molecule has 0 bridgehead atoms. The normalized spacial score (nSPS) is 23.7. The molecule has 2 aromatic carbocycles. The number of methoxy groups -OCH3 is 1. The number of aryl methyl sites for hydroxylation is 1. The number of piperidine rings is 1. The fraction of sp³-hybridized carbons (Fsp3) is 0.562. The van der Waals surface area contributed by atoms with Gasteiger partial charge in [-0.2, -0.15) is 0 Å². The summed E-state index contributed by atoms with van der Waals surface area (Å²) in [6, 6.07) is 10.3. The van der Waals surface area contributed by atoms with Crippen molar-refractivity contribution in [1.29, 1.82) is 0 Å². The van der Waals surface area contributed by atoms with Crippen LogP contribution in [0.5, 0.6) is 5.75 Å². The molecule has 0 radical (unpaired) electrons. The average Bonchev–Trinajstić information content (AvgIpc) is 2.87. The number of fused-ring (bicyclic) bond motifs is 1. The molecular formula is C32H42F2N2O. The van der Waals surface area contributed by atoms with Crippen LogP contribution in [-0.4, -0.2) is 44.1 Å². The molecule has 1 unspecified atom stereocenters. The van der Waals surface area contributed by atoms with Gasteiger partial charge in [-0.05, 0) is 85.6 Å². The molecule has 2 aromatic rings. The Hall–Kier alpha value is -2.40. The first-order valence-electron chi connectivity index (χ1n) is 14.0. The summed E-state index contributed by atoms with van der Waals surface area (Å²) in [5.74, 6) is 1.70. The first-order valence-corrected chi connectivity index (χ1v) is 14.0. The topological polar surface area (TPSA) is 15.7 Å². The van der Waals surface area contributed by atoms with E-state index in [-0.39, 0.29) is 18.6 Å². The molecule has 0 N–H and O–H groups in total. The summed E-state index contributed by atoms with van der Waals surface area (Å²) < 4.78 is 33.6. The fourth-order valence-electron chi connectivity index (χ4n) is 7.43. The molecule has 1 saturated heterocycles. The van der Waals surface area contributed by atoms with Crippen molar-refractivity contribution in [3.63, 3.8) is 0 Å². The van der Waals surface area contributed by atoms with Gasteiger partial charge in [0.15, 0.2) is 0 Å². The molecule has 0 amide bonds. The second kappa shape index (κ2) is 10.4. The number of alkyl halides is 2. The molecule has 3 aliphatic rings. The molecule has 1 aliphatic carbocycles. The minimum atomic E-state index is -2.40. The van der Waals surface area contributed by atoms with Crippen LogP contribution in [0.1, 0.15) is 79.8 Å². The van der Waals surface area contributed by atoms with Crippen LogP contribution >= 0.6 is 0 Å². The third kappa shape index (κ3) is 4.80. The zero-order chi connectivity index (χ0) is 26.3. The first kappa shape index (κ1) is 26.2. The molecule has 2 aliphatic heterocycles. The lowest BCUT2D eigenvalue weighted by molar-refractivity contribution is 0.0261. The van der Waals surface area contributed by atoms with Gasteiger partial charge in [0.05, 0.1) is 19.7 Å². The lowest BCUT2D eigenvalue weighted by Gasteiger charge is -2.52. The van der Waals surface area contributed by atoms with Crippen molar-refractivity contribution in [3.05, 3.63) is 64.7 Å². The molecule has 3 nitrogen and oxygen atoms in total. The van der Waals surface area contributed by atoms with Crippen LogP contribution in [0, 0.1) is 18.3 Å². The Kier molecular flexibility index (Phi) is 7.37. The second-order valence-corrected chi connectivity index (χ2v) is 11.7. The SMILES string of the molecule is C=Cc1c(C)ccc2c1CC(C)N(CC(F)F)[C@@H]2c1ccc(N2CCC3(CC2)CC(CC)C3)cc1OC. The van der Waals surface area contributed by atoms with Crippen LogP contribution in [0.25, 0.3) is 6.08 Å². The quantitative estimate of drug-likeness (QED) is 0.382. The Balaban J connectivity index is 1.48. The molecular weight excluding hydrogens is 466 g/mol. The second-order valence-electron chi connectivity index (χ2n) is 11.7. The van der Waals surface area contributed by atoms with Crippen molar-refractivity contribution in [2.75, 3.05) is 31.6 Å². The minimum Gasteiger partial charge on any atom is -0.496 e. The lowest BCUT2D eigenvalue weighted by atomic mass is 9.57. The van der Waals surface area contributed by atoms with Crippen molar-refractivity contribution in [2.45, 2.75) is 77.8 Å². The molecule has 2 atom stereocenters. The third-order valence-electron chi connectivity index (χ3n) is 9.58. The van der Waals surface area contributed by atoms with Gasteiger partial charge in [0.1, 0.15) is 5.75 Å². The standard InChI is InChI=1S/C32H42F2N2O/c1-6-23-18-32(19-23)12-14-35(15-13-32)24-9-11-27(29(17-24)37-5)31-26-10-8-21(3)25(7-2)28(26)16-22(4)36(31)20-30(33)34/h7-11,17,22-23,30-31H,2,6,12-16,18-20H2,1,3-5H3/t22?,31-/m0/s1. The van der Waals surface area contributed by atoms with E-state index < -0.39 is 6.43 Å². The Morgan fingerprint density at radius 1 is 1.14 bits per heavy atom. The molecule has 1 spiro atoms. The molecule has 2 heterocycles. The highest BCUT2D eigenvalue weighted by Gasteiger charge is 2.45. The zero-order valence-corrected chi connectivity index (χ0v) is 22.9. The van der Waals surface area contributed by atoms with Crippen LogP contribution in [0.15, 0.2) is 36.9 Å². The van der Waals surface area contributed by atoms with Gasteiger partial charge in [-0.25, -0.2) is 8.78 Å². The Bertz CT molecular complexity index is 1130. The van der Waals surface area contributed by atoms with Gasteiger partial charge in [-0.15, -0.1) is 0 Å². The molecule has 200 valence electrons. The first-order chi connectivity index (χ1) is 17.8. The van der Waals surface area contributed by atoms with Gasteiger partial charge in [0.2, 0.25) is 0 Å². The van der Waals surface area contributed by atoms with Crippen molar-refractivity contribution < 1.29 is 13.5 Å². The maximum absolute atomic E-state index is 13.8. The fourth-order valence-corrected chi connectivity index (χ4v) is 7.43. The van der Waals surface area contributed by atoms with Gasteiger partial charge in [-0.3, -0.25) is 4.90 Å². The largest absolute Gasteiger partial charge is 0.496 e. The summed E-state index contributed by atoms with van der Waals surface area (Å²) in [6.07, 6.45) is 6.85. The Morgan fingerprint density at radius 2 is 1.84 bits per heavy atom. The summed E-state index contributed by atoms with van der Waals surface area (Å²) in [6.45, 7) is 12.4. The number of nitrogens with zero attached hydrogens (tertiary/aromatic N) is 2. The van der Waals surface area contributed by atoms with Crippen molar-refractivity contribution in [1.82, 2.24) is 4.90 Å². The van der Waals surface area contributed by atoms with Gasteiger partial charge >= 0.3 is 0 Å². The zero-order valence-electron chi connectivity index (χ0n) is 22.9. The number of ether oxygens (including phenoxy) is 1. The predicted molar refractivity (Wildman–Crippen MR) is 149 cm³/mol. The van der Waals surface area contributed by atoms with Crippen LogP contribution in [-0.2, 0) is 6.42 Å². The van der Waals surface area contributed by atoms with Gasteiger partial charge in [0.25, 0.3) is 6.43 Å². The number of benzene rings is 2. The van der Waals surface area contributed by atoms with Gasteiger partial charge in [-0.1, -0.05) is 44.2 Å². The number of rotatable bonds is 7. The van der Waals surface area contributed by atoms with E-state index in [2.05, 4.69) is 62.6 Å². The van der Waals surface area contributed by atoms with Gasteiger partial charge < -0.3 is 9.64 Å². The van der Waals surface area contributed by atoms with E-state index in [1.807, 2.05) is 11.0 Å². The van der Waals surface area contributed by atoms with Crippen molar-refractivity contribution in [3.8, 4) is 5.75 Å². The lowest BCUT2D eigenvalue weighted by Crippen LogP contribution is -2.47. The summed E-state index contributed by atoms with van der Waals surface area (Å²) in [4.78, 5) is 4.43. The number of hydrogen-bond donors (Lipinski definition) is 0. The number of hydrogen-bond acceptors (Lipinski definition) is 3. The minimum absolute atomic E-state index is 0.0240. The highest BCUT2D eigenvalue weighted by atomic mass is 19.3. The Morgan fingerprint density at radius 3 is 2.46 bits per heavy atom. The van der Waals surface area contributed by atoms with Crippen molar-refractivity contribution in [2.24, 2.45) is 11.3 Å². The molecule has 2 fully saturated rings. The maximum atomic E-state index is 13.8. The van der Waals surface area contributed by atoms with Crippen LogP contribution in [0.3, 0.4) is 0 Å². The predicted octanol–water partition coefficient (Wildman–Crippen LogP) is 7.65. The summed E-state index contributed by atoms with van der Waals surface area (Å²) in [5, 5.41) is 0. The smallest absolute Gasteiger partial charge is 0.251 e. The molecule has 5 rings (SSSR count). The highest BCUT2D eigenvalue weighted by molar-refractivity contribution is 5.63. The molecule has 5 heteroatoms. The summed E-state index contributed by atoms with van der Waals surface area (Å²) >= 11 is 0. The van der Waals surface area contributed by atoms with E-state index in [1.165, 1.54) is 48.9 Å². The van der Waals surface area contributed by atoms with E-state index in [9.17, 15) is 8.78 Å². The Labute approximate surface area is 221 Å². The average molecular weight is 509 g/mol. The monoisotopic (exact) mass is 508 g/mol. The molecule has 0 aromatic heterocycles. The van der Waals surface area contributed by atoms with E-state index in [4.69, 9.17) is 4.74 Å². The van der Waals surface area contributed by atoms with Crippen molar-refractivity contribution >= 4 is 11.8 Å². The highest BCUT2D eigenvalue weighted by Crippen LogP contribution is 2.54. The molecule has 1 saturated carbocycles. The summed E-state index contributed by atoms with van der Waals surface area (Å²) in [7, 11) is 1.70. The van der Waals surface area contributed by atoms with E-state index in [1.54, 1.807) is 7.11 Å². The van der Waals surface area contributed by atoms with Crippen LogP contribution in [0.2, 0.25) is 0 Å². The maximum Gasteiger partial charge on any atom is 0.251 e. The van der Waals surface area contributed by atoms with E-state index >= 15 is 0 Å². The van der Waals surface area contributed by atoms with E-state index in [0.29, 0.717) is 5.41 Å². The number of anilines is 1. The van der Waals surface area contributed by atoms with E-state index in [0.717, 1.165) is 47.9 Å². The third-order valence-corrected chi connectivity index (χ3v) is 9.58. The number of halogens is 2. The van der Waals surface area contributed by atoms with Crippen LogP contribution in [0.4, 0.5) is 14.5 Å². The van der Waals surface area contributed by atoms with Gasteiger partial charge in [0, 0.05) is 36.4 Å². The van der Waals surface area contributed by atoms with Crippen LogP contribution < -0.4 is 9.64 Å². The molecule has 37 heavy (non-hydrogen) atoms.